The minimum Gasteiger partial charge on any atom is -0.492 e. The summed E-state index contributed by atoms with van der Waals surface area (Å²) in [7, 11) is 1.63. The molecule has 0 unspecified atom stereocenters. The van der Waals surface area contributed by atoms with Crippen molar-refractivity contribution < 1.29 is 4.74 Å². The molecule has 1 rings (SSSR count). The van der Waals surface area contributed by atoms with Crippen LogP contribution in [0.5, 0.6) is 5.75 Å². The van der Waals surface area contributed by atoms with Gasteiger partial charge >= 0.3 is 0 Å². The monoisotopic (exact) mass is 232 g/mol. The third kappa shape index (κ3) is 1.63. The molecular formula is C8H13BrN2O. The van der Waals surface area contributed by atoms with Gasteiger partial charge < -0.3 is 4.74 Å². The number of methoxy groups -OCH3 is 1. The number of aromatic nitrogens is 2. The highest BCUT2D eigenvalue weighted by atomic mass is 79.9. The van der Waals surface area contributed by atoms with E-state index in [9.17, 15) is 0 Å². The second kappa shape index (κ2) is 3.09. The summed E-state index contributed by atoms with van der Waals surface area (Å²) in [6.07, 6.45) is 1.70. The maximum absolute atomic E-state index is 5.09. The molecule has 1 aromatic heterocycles. The molecule has 4 heteroatoms. The van der Waals surface area contributed by atoms with Crippen LogP contribution in [0, 0.1) is 0 Å². The van der Waals surface area contributed by atoms with Crippen molar-refractivity contribution >= 4 is 15.9 Å². The lowest BCUT2D eigenvalue weighted by Gasteiger charge is -2.20. The van der Waals surface area contributed by atoms with E-state index in [1.165, 1.54) is 0 Å². The smallest absolute Gasteiger partial charge is 0.171 e. The van der Waals surface area contributed by atoms with Gasteiger partial charge in [-0.2, -0.15) is 5.10 Å². The summed E-state index contributed by atoms with van der Waals surface area (Å²) in [6, 6.07) is 0. The molecule has 0 radical (unpaired) electrons. The Morgan fingerprint density at radius 1 is 1.50 bits per heavy atom. The third-order valence-corrected chi connectivity index (χ3v) is 2.26. The molecule has 0 saturated heterocycles. The summed E-state index contributed by atoms with van der Waals surface area (Å²) >= 11 is 3.42. The van der Waals surface area contributed by atoms with Gasteiger partial charge in [-0.3, -0.25) is 0 Å². The van der Waals surface area contributed by atoms with E-state index >= 15 is 0 Å². The number of halogens is 1. The van der Waals surface area contributed by atoms with Crippen LogP contribution in [0.1, 0.15) is 20.8 Å². The summed E-state index contributed by atoms with van der Waals surface area (Å²) in [5.41, 5.74) is -0.0182. The third-order valence-electron chi connectivity index (χ3n) is 1.54. The normalized spacial score (nSPS) is 11.8. The Labute approximate surface area is 80.8 Å². The first kappa shape index (κ1) is 9.58. The van der Waals surface area contributed by atoms with E-state index in [4.69, 9.17) is 4.74 Å². The zero-order valence-electron chi connectivity index (χ0n) is 7.76. The van der Waals surface area contributed by atoms with Gasteiger partial charge in [0.1, 0.15) is 4.60 Å². The fourth-order valence-corrected chi connectivity index (χ4v) is 1.81. The van der Waals surface area contributed by atoms with Crippen molar-refractivity contribution in [2.75, 3.05) is 7.11 Å². The largest absolute Gasteiger partial charge is 0.492 e. The Hall–Kier alpha value is -0.510. The first-order chi connectivity index (χ1) is 5.46. The lowest BCUT2D eigenvalue weighted by atomic mass is 10.1. The van der Waals surface area contributed by atoms with Crippen LogP contribution in [-0.2, 0) is 5.54 Å². The topological polar surface area (TPSA) is 27.1 Å². The second-order valence-electron chi connectivity index (χ2n) is 3.59. The van der Waals surface area contributed by atoms with E-state index in [0.717, 1.165) is 10.4 Å². The lowest BCUT2D eigenvalue weighted by molar-refractivity contribution is 0.343. The van der Waals surface area contributed by atoms with E-state index in [2.05, 4.69) is 41.8 Å². The highest BCUT2D eigenvalue weighted by molar-refractivity contribution is 9.10. The average Bonchev–Trinajstić information content (AvgIpc) is 2.29. The number of ether oxygens (including phenoxy) is 1. The summed E-state index contributed by atoms with van der Waals surface area (Å²) in [5, 5.41) is 4.20. The molecule has 0 aromatic carbocycles. The lowest BCUT2D eigenvalue weighted by Crippen LogP contribution is -2.23. The van der Waals surface area contributed by atoms with Crippen molar-refractivity contribution in [1.29, 1.82) is 0 Å². The van der Waals surface area contributed by atoms with Crippen LogP contribution in [0.3, 0.4) is 0 Å². The molecule has 1 aromatic rings. The molecule has 0 atom stereocenters. The summed E-state index contributed by atoms with van der Waals surface area (Å²) in [6.45, 7) is 6.26. The molecule has 0 fully saturated rings. The fraction of sp³-hybridized carbons (Fsp3) is 0.625. The van der Waals surface area contributed by atoms with Crippen LogP contribution in [0.15, 0.2) is 10.8 Å². The number of hydrogen-bond donors (Lipinski definition) is 0. The van der Waals surface area contributed by atoms with Crippen LogP contribution >= 0.6 is 15.9 Å². The molecule has 0 saturated carbocycles. The van der Waals surface area contributed by atoms with Gasteiger partial charge in [0, 0.05) is 0 Å². The number of rotatable bonds is 1. The predicted octanol–water partition coefficient (Wildman–Crippen LogP) is 2.41. The van der Waals surface area contributed by atoms with Crippen molar-refractivity contribution in [2.45, 2.75) is 26.3 Å². The van der Waals surface area contributed by atoms with Crippen LogP contribution in [0.2, 0.25) is 0 Å². The second-order valence-corrected chi connectivity index (χ2v) is 4.34. The summed E-state index contributed by atoms with van der Waals surface area (Å²) in [4.78, 5) is 0. The van der Waals surface area contributed by atoms with E-state index in [-0.39, 0.29) is 5.54 Å². The van der Waals surface area contributed by atoms with Gasteiger partial charge in [-0.1, -0.05) is 0 Å². The minimum absolute atomic E-state index is 0.0182. The van der Waals surface area contributed by atoms with Gasteiger partial charge in [0.2, 0.25) is 0 Å². The molecule has 0 aliphatic heterocycles. The van der Waals surface area contributed by atoms with Gasteiger partial charge in [0.15, 0.2) is 5.75 Å². The van der Waals surface area contributed by atoms with E-state index < -0.39 is 0 Å². The maximum Gasteiger partial charge on any atom is 0.171 e. The van der Waals surface area contributed by atoms with Gasteiger partial charge in [-0.25, -0.2) is 4.68 Å². The van der Waals surface area contributed by atoms with Crippen LogP contribution in [0.25, 0.3) is 0 Å². The average molecular weight is 233 g/mol. The molecule has 3 nitrogen and oxygen atoms in total. The molecule has 0 N–H and O–H groups in total. The van der Waals surface area contributed by atoms with Gasteiger partial charge in [-0.05, 0) is 36.7 Å². The standard InChI is InChI=1S/C8H13BrN2O/c1-8(2,3)11-7(9)6(12-4)5-10-11/h5H,1-4H3. The van der Waals surface area contributed by atoms with Crippen LogP contribution < -0.4 is 4.74 Å². The van der Waals surface area contributed by atoms with E-state index in [1.54, 1.807) is 13.3 Å². The molecule has 0 aliphatic carbocycles. The van der Waals surface area contributed by atoms with Crippen molar-refractivity contribution in [3.05, 3.63) is 10.8 Å². The first-order valence-corrected chi connectivity index (χ1v) is 4.54. The van der Waals surface area contributed by atoms with Crippen molar-refractivity contribution in [2.24, 2.45) is 0 Å². The summed E-state index contributed by atoms with van der Waals surface area (Å²) < 4.78 is 7.86. The molecule has 0 bridgehead atoms. The molecule has 0 aliphatic rings. The molecule has 68 valence electrons. The van der Waals surface area contributed by atoms with E-state index in [0.29, 0.717) is 0 Å². The Morgan fingerprint density at radius 2 is 2.08 bits per heavy atom. The van der Waals surface area contributed by atoms with Crippen molar-refractivity contribution in [1.82, 2.24) is 9.78 Å². The quantitative estimate of drug-likeness (QED) is 0.744. The van der Waals surface area contributed by atoms with Crippen LogP contribution in [-0.4, -0.2) is 16.9 Å². The van der Waals surface area contributed by atoms with Crippen LogP contribution in [0.4, 0.5) is 0 Å². The Morgan fingerprint density at radius 3 is 2.33 bits per heavy atom. The number of hydrogen-bond acceptors (Lipinski definition) is 2. The van der Waals surface area contributed by atoms with E-state index in [1.807, 2.05) is 4.68 Å². The summed E-state index contributed by atoms with van der Waals surface area (Å²) in [5.74, 6) is 0.768. The zero-order valence-corrected chi connectivity index (χ0v) is 9.34. The molecule has 1 heterocycles. The molecular weight excluding hydrogens is 220 g/mol. The minimum atomic E-state index is -0.0182. The molecule has 0 amide bonds. The Balaban J connectivity index is 3.11. The van der Waals surface area contributed by atoms with Gasteiger partial charge in [-0.15, -0.1) is 0 Å². The SMILES string of the molecule is COc1cnn(C(C)(C)C)c1Br. The Kier molecular flexibility index (Phi) is 2.46. The highest BCUT2D eigenvalue weighted by Gasteiger charge is 2.19. The molecule has 12 heavy (non-hydrogen) atoms. The van der Waals surface area contributed by atoms with Gasteiger partial charge in [0.25, 0.3) is 0 Å². The highest BCUT2D eigenvalue weighted by Crippen LogP contribution is 2.28. The fourth-order valence-electron chi connectivity index (χ4n) is 0.923. The van der Waals surface area contributed by atoms with Crippen molar-refractivity contribution in [3.8, 4) is 5.75 Å². The first-order valence-electron chi connectivity index (χ1n) is 3.75. The predicted molar refractivity (Wildman–Crippen MR) is 51.5 cm³/mol. The molecule has 0 spiro atoms. The Bertz CT molecular complexity index is 275. The van der Waals surface area contributed by atoms with Gasteiger partial charge in [0.05, 0.1) is 18.8 Å². The number of nitrogens with zero attached hydrogens (tertiary/aromatic N) is 2. The maximum atomic E-state index is 5.09. The zero-order chi connectivity index (χ0) is 9.35. The van der Waals surface area contributed by atoms with Crippen molar-refractivity contribution in [3.63, 3.8) is 0 Å².